The Kier molecular flexibility index (Phi) is 5.27. The van der Waals surface area contributed by atoms with Crippen LogP contribution in [-0.4, -0.2) is 35.1 Å². The molecule has 25 heavy (non-hydrogen) atoms. The molecule has 0 N–H and O–H groups in total. The van der Waals surface area contributed by atoms with Crippen LogP contribution in [0.25, 0.3) is 0 Å². The van der Waals surface area contributed by atoms with Crippen LogP contribution in [0.2, 0.25) is 0 Å². The molecule has 2 fully saturated rings. The van der Waals surface area contributed by atoms with Gasteiger partial charge < -0.3 is 9.47 Å². The first kappa shape index (κ1) is 18.8. The summed E-state index contributed by atoms with van der Waals surface area (Å²) < 4.78 is 12.2. The molecule has 1 aromatic rings. The van der Waals surface area contributed by atoms with Crippen molar-refractivity contribution in [2.24, 2.45) is 0 Å². The summed E-state index contributed by atoms with van der Waals surface area (Å²) in [5.74, 6) is -0.453. The van der Waals surface area contributed by atoms with Crippen LogP contribution < -0.4 is 0 Å². The van der Waals surface area contributed by atoms with Crippen molar-refractivity contribution in [3.8, 4) is 0 Å². The van der Waals surface area contributed by atoms with Gasteiger partial charge in [0.25, 0.3) is 0 Å². The Hall–Kier alpha value is -0.940. The summed E-state index contributed by atoms with van der Waals surface area (Å²) in [6.45, 7) is 12.5. The van der Waals surface area contributed by atoms with E-state index in [2.05, 4.69) is 63.9 Å². The fourth-order valence-corrected chi connectivity index (χ4v) is 4.69. The number of benzene rings is 1. The van der Waals surface area contributed by atoms with Crippen molar-refractivity contribution in [2.75, 3.05) is 13.2 Å². The molecule has 0 saturated carbocycles. The summed E-state index contributed by atoms with van der Waals surface area (Å²) in [5.41, 5.74) is 0.945. The third-order valence-corrected chi connectivity index (χ3v) is 5.94. The molecule has 2 aliphatic heterocycles. The Labute approximate surface area is 152 Å². The van der Waals surface area contributed by atoms with E-state index in [0.717, 1.165) is 25.7 Å². The number of hydrogen-bond acceptors (Lipinski definition) is 4. The van der Waals surface area contributed by atoms with E-state index in [1.54, 1.807) is 0 Å². The van der Waals surface area contributed by atoms with E-state index in [1.165, 1.54) is 5.56 Å². The maximum absolute atomic E-state index is 6.62. The van der Waals surface area contributed by atoms with Gasteiger partial charge in [0.1, 0.15) is 6.10 Å². The summed E-state index contributed by atoms with van der Waals surface area (Å²) in [6, 6.07) is 10.4. The van der Waals surface area contributed by atoms with Gasteiger partial charge in [0, 0.05) is 18.4 Å². The molecular weight excluding hydrogens is 314 g/mol. The maximum atomic E-state index is 6.62. The van der Waals surface area contributed by atoms with Gasteiger partial charge >= 0.3 is 0 Å². The van der Waals surface area contributed by atoms with Crippen molar-refractivity contribution in [1.82, 2.24) is 5.06 Å². The van der Waals surface area contributed by atoms with Crippen LogP contribution in [0.4, 0.5) is 0 Å². The van der Waals surface area contributed by atoms with Crippen LogP contribution in [0.3, 0.4) is 0 Å². The summed E-state index contributed by atoms with van der Waals surface area (Å²) in [4.78, 5) is 6.62. The number of hydroxylamine groups is 2. The third kappa shape index (κ3) is 3.50. The molecule has 0 radical (unpaired) electrons. The highest BCUT2D eigenvalue weighted by atomic mass is 16.7. The zero-order valence-electron chi connectivity index (χ0n) is 16.4. The summed E-state index contributed by atoms with van der Waals surface area (Å²) in [7, 11) is 0. The van der Waals surface area contributed by atoms with Crippen molar-refractivity contribution in [3.63, 3.8) is 0 Å². The zero-order chi connectivity index (χ0) is 18.1. The molecule has 0 bridgehead atoms. The summed E-state index contributed by atoms with van der Waals surface area (Å²) >= 11 is 0. The number of piperidine rings is 1. The second-order valence-corrected chi connectivity index (χ2v) is 8.16. The Morgan fingerprint density at radius 2 is 1.64 bits per heavy atom. The molecule has 4 heteroatoms. The Morgan fingerprint density at radius 3 is 2.20 bits per heavy atom. The smallest absolute Gasteiger partial charge is 0.172 e. The van der Waals surface area contributed by atoms with E-state index >= 15 is 0 Å². The number of hydrogen-bond donors (Lipinski definition) is 0. The van der Waals surface area contributed by atoms with Crippen LogP contribution in [0.1, 0.15) is 72.0 Å². The third-order valence-electron chi connectivity index (χ3n) is 5.94. The fourth-order valence-electron chi connectivity index (χ4n) is 4.69. The second-order valence-electron chi connectivity index (χ2n) is 8.16. The van der Waals surface area contributed by atoms with E-state index in [4.69, 9.17) is 14.3 Å². The standard InChI is InChI=1S/C21H33NO3/c1-6-20(7-2)16-21(23-13-14-24-21)15-19(4,5)22(20)25-17(3)18-11-9-8-10-12-18/h8-12,17H,6-7,13-16H2,1-5H3. The van der Waals surface area contributed by atoms with Gasteiger partial charge in [-0.3, -0.25) is 4.84 Å². The molecule has 140 valence electrons. The lowest BCUT2D eigenvalue weighted by Crippen LogP contribution is -2.67. The predicted octanol–water partition coefficient (Wildman–Crippen LogP) is 4.86. The van der Waals surface area contributed by atoms with E-state index < -0.39 is 5.79 Å². The topological polar surface area (TPSA) is 30.9 Å². The average molecular weight is 347 g/mol. The fraction of sp³-hybridized carbons (Fsp3) is 0.714. The first-order valence-electron chi connectivity index (χ1n) is 9.66. The molecule has 1 atom stereocenters. The second kappa shape index (κ2) is 6.99. The van der Waals surface area contributed by atoms with Gasteiger partial charge in [0.15, 0.2) is 5.79 Å². The predicted molar refractivity (Wildman–Crippen MR) is 99.0 cm³/mol. The van der Waals surface area contributed by atoms with Gasteiger partial charge in [-0.05, 0) is 39.2 Å². The van der Waals surface area contributed by atoms with Gasteiger partial charge in [0.2, 0.25) is 0 Å². The van der Waals surface area contributed by atoms with Crippen molar-refractivity contribution in [2.45, 2.75) is 83.3 Å². The molecular formula is C21H33NO3. The zero-order valence-corrected chi connectivity index (χ0v) is 16.4. The molecule has 3 rings (SSSR count). The maximum Gasteiger partial charge on any atom is 0.172 e. The summed E-state index contributed by atoms with van der Waals surface area (Å²) in [6.07, 6.45) is 3.70. The normalized spacial score (nSPS) is 26.0. The van der Waals surface area contributed by atoms with Crippen LogP contribution in [0.15, 0.2) is 30.3 Å². The number of ether oxygens (including phenoxy) is 2. The lowest BCUT2D eigenvalue weighted by atomic mass is 9.73. The molecule has 2 heterocycles. The summed E-state index contributed by atoms with van der Waals surface area (Å²) in [5, 5.41) is 2.27. The van der Waals surface area contributed by atoms with Gasteiger partial charge in [-0.15, -0.1) is 0 Å². The van der Waals surface area contributed by atoms with Crippen LogP contribution in [0, 0.1) is 0 Å². The quantitative estimate of drug-likeness (QED) is 0.761. The molecule has 1 unspecified atom stereocenters. The number of nitrogens with zero attached hydrogens (tertiary/aromatic N) is 1. The molecule has 0 amide bonds. The molecule has 2 aliphatic rings. The van der Waals surface area contributed by atoms with E-state index in [0.29, 0.717) is 13.2 Å². The van der Waals surface area contributed by atoms with Crippen LogP contribution >= 0.6 is 0 Å². The highest BCUT2D eigenvalue weighted by Gasteiger charge is 2.58. The van der Waals surface area contributed by atoms with Gasteiger partial charge in [-0.25, -0.2) is 0 Å². The van der Waals surface area contributed by atoms with E-state index in [9.17, 15) is 0 Å². The Balaban J connectivity index is 1.89. The van der Waals surface area contributed by atoms with Crippen molar-refractivity contribution in [1.29, 1.82) is 0 Å². The van der Waals surface area contributed by atoms with Crippen LogP contribution in [-0.2, 0) is 14.3 Å². The average Bonchev–Trinajstić information content (AvgIpc) is 3.04. The minimum Gasteiger partial charge on any atom is -0.347 e. The molecule has 1 spiro atoms. The Morgan fingerprint density at radius 1 is 1.04 bits per heavy atom. The van der Waals surface area contributed by atoms with Gasteiger partial charge in [-0.1, -0.05) is 44.2 Å². The first-order chi connectivity index (χ1) is 11.9. The SMILES string of the molecule is CCC1(CC)CC2(CC(C)(C)N1OC(C)c1ccccc1)OCCO2. The minimum atomic E-state index is -0.453. The van der Waals surface area contributed by atoms with Crippen molar-refractivity contribution < 1.29 is 14.3 Å². The molecule has 4 nitrogen and oxygen atoms in total. The monoisotopic (exact) mass is 347 g/mol. The minimum absolute atomic E-state index is 0.0115. The highest BCUT2D eigenvalue weighted by Crippen LogP contribution is 2.51. The largest absolute Gasteiger partial charge is 0.347 e. The van der Waals surface area contributed by atoms with Crippen molar-refractivity contribution in [3.05, 3.63) is 35.9 Å². The van der Waals surface area contributed by atoms with E-state index in [-0.39, 0.29) is 17.2 Å². The van der Waals surface area contributed by atoms with Crippen molar-refractivity contribution >= 4 is 0 Å². The van der Waals surface area contributed by atoms with Gasteiger partial charge in [0.05, 0.1) is 18.8 Å². The molecule has 0 aromatic heterocycles. The highest BCUT2D eigenvalue weighted by molar-refractivity contribution is 5.17. The molecule has 0 aliphatic carbocycles. The lowest BCUT2D eigenvalue weighted by molar-refractivity contribution is -0.358. The lowest BCUT2D eigenvalue weighted by Gasteiger charge is -2.59. The van der Waals surface area contributed by atoms with Gasteiger partial charge in [-0.2, -0.15) is 5.06 Å². The number of rotatable bonds is 5. The Bertz CT molecular complexity index is 562. The molecule has 2 saturated heterocycles. The first-order valence-corrected chi connectivity index (χ1v) is 9.66. The van der Waals surface area contributed by atoms with E-state index in [1.807, 2.05) is 6.07 Å². The molecule has 1 aromatic carbocycles. The van der Waals surface area contributed by atoms with Crippen LogP contribution in [0.5, 0.6) is 0 Å².